The first-order valence-electron chi connectivity index (χ1n) is 4.47. The standard InChI is InChI=1S/C10H14N2O3/c1-10(2,3)15-7-5-12-8(11)4-6(7)9(13)14/h4-5H,1-3H3,(H2,11,12)(H,13,14). The lowest BCUT2D eigenvalue weighted by atomic mass is 10.1. The summed E-state index contributed by atoms with van der Waals surface area (Å²) in [5, 5.41) is 8.92. The van der Waals surface area contributed by atoms with Crippen LogP contribution in [0.2, 0.25) is 0 Å². The van der Waals surface area contributed by atoms with E-state index in [1.807, 2.05) is 20.8 Å². The molecule has 5 heteroatoms. The highest BCUT2D eigenvalue weighted by molar-refractivity contribution is 5.91. The minimum absolute atomic E-state index is 0.0254. The van der Waals surface area contributed by atoms with Gasteiger partial charge in [-0.1, -0.05) is 0 Å². The molecule has 1 aromatic rings. The number of aromatic carboxylic acids is 1. The molecule has 1 aromatic heterocycles. The van der Waals surface area contributed by atoms with Crippen molar-refractivity contribution in [2.24, 2.45) is 0 Å². The molecule has 0 aromatic carbocycles. The van der Waals surface area contributed by atoms with Crippen LogP contribution in [0, 0.1) is 0 Å². The number of hydrogen-bond donors (Lipinski definition) is 2. The highest BCUT2D eigenvalue weighted by atomic mass is 16.5. The third-order valence-electron chi connectivity index (χ3n) is 1.54. The number of hydrogen-bond acceptors (Lipinski definition) is 4. The van der Waals surface area contributed by atoms with Crippen LogP contribution in [0.15, 0.2) is 12.3 Å². The van der Waals surface area contributed by atoms with Gasteiger partial charge in [-0.05, 0) is 26.8 Å². The Morgan fingerprint density at radius 1 is 1.53 bits per heavy atom. The number of nitrogen functional groups attached to an aromatic ring is 1. The third-order valence-corrected chi connectivity index (χ3v) is 1.54. The monoisotopic (exact) mass is 210 g/mol. The van der Waals surface area contributed by atoms with Gasteiger partial charge in [0.2, 0.25) is 0 Å². The Morgan fingerprint density at radius 2 is 2.13 bits per heavy atom. The molecule has 0 fully saturated rings. The number of carbonyl (C=O) groups is 1. The maximum atomic E-state index is 10.9. The Balaban J connectivity index is 3.12. The van der Waals surface area contributed by atoms with Crippen LogP contribution in [-0.4, -0.2) is 21.7 Å². The van der Waals surface area contributed by atoms with Gasteiger partial charge in [0.05, 0.1) is 6.20 Å². The zero-order valence-corrected chi connectivity index (χ0v) is 8.94. The second kappa shape index (κ2) is 3.76. The molecule has 0 unspecified atom stereocenters. The van der Waals surface area contributed by atoms with E-state index < -0.39 is 11.6 Å². The molecule has 0 spiro atoms. The van der Waals surface area contributed by atoms with Gasteiger partial charge in [0.15, 0.2) is 5.75 Å². The van der Waals surface area contributed by atoms with E-state index >= 15 is 0 Å². The number of anilines is 1. The quantitative estimate of drug-likeness (QED) is 0.773. The SMILES string of the molecule is CC(C)(C)Oc1cnc(N)cc1C(=O)O. The fourth-order valence-corrected chi connectivity index (χ4v) is 1.04. The summed E-state index contributed by atoms with van der Waals surface area (Å²) in [6, 6.07) is 1.28. The Hall–Kier alpha value is -1.78. The summed E-state index contributed by atoms with van der Waals surface area (Å²) in [6.45, 7) is 5.49. The molecule has 0 bridgehead atoms. The first kappa shape index (κ1) is 11.3. The van der Waals surface area contributed by atoms with Crippen molar-refractivity contribution in [1.82, 2.24) is 4.98 Å². The zero-order chi connectivity index (χ0) is 11.6. The Kier molecular flexibility index (Phi) is 2.83. The maximum Gasteiger partial charge on any atom is 0.339 e. The number of nitrogens with zero attached hydrogens (tertiary/aromatic N) is 1. The molecule has 0 saturated heterocycles. The molecule has 0 amide bonds. The second-order valence-corrected chi connectivity index (χ2v) is 4.12. The number of ether oxygens (including phenoxy) is 1. The molecule has 0 aliphatic carbocycles. The third kappa shape index (κ3) is 3.12. The molecular formula is C10H14N2O3. The van der Waals surface area contributed by atoms with Crippen LogP contribution in [0.1, 0.15) is 31.1 Å². The molecular weight excluding hydrogens is 196 g/mol. The van der Waals surface area contributed by atoms with Gasteiger partial charge >= 0.3 is 5.97 Å². The number of pyridine rings is 1. The lowest BCUT2D eigenvalue weighted by molar-refractivity contribution is 0.0681. The number of rotatable bonds is 2. The van der Waals surface area contributed by atoms with Crippen LogP contribution in [0.5, 0.6) is 5.75 Å². The van der Waals surface area contributed by atoms with Crippen molar-refractivity contribution in [3.8, 4) is 5.75 Å². The minimum Gasteiger partial charge on any atom is -0.486 e. The normalized spacial score (nSPS) is 11.1. The summed E-state index contributed by atoms with van der Waals surface area (Å²) < 4.78 is 5.45. The van der Waals surface area contributed by atoms with Crippen LogP contribution < -0.4 is 10.5 Å². The first-order chi connectivity index (χ1) is 6.79. The number of nitrogens with two attached hydrogens (primary N) is 1. The van der Waals surface area contributed by atoms with Crippen molar-refractivity contribution in [2.45, 2.75) is 26.4 Å². The van der Waals surface area contributed by atoms with Crippen molar-refractivity contribution in [2.75, 3.05) is 5.73 Å². The van der Waals surface area contributed by atoms with Gasteiger partial charge in [-0.3, -0.25) is 0 Å². The lowest BCUT2D eigenvalue weighted by Gasteiger charge is -2.22. The van der Waals surface area contributed by atoms with Crippen molar-refractivity contribution in [1.29, 1.82) is 0 Å². The fourth-order valence-electron chi connectivity index (χ4n) is 1.04. The predicted octanol–water partition coefficient (Wildman–Crippen LogP) is 1.54. The highest BCUT2D eigenvalue weighted by Crippen LogP contribution is 2.23. The van der Waals surface area contributed by atoms with E-state index in [1.54, 1.807) is 0 Å². The van der Waals surface area contributed by atoms with Crippen LogP contribution in [-0.2, 0) is 0 Å². The fraction of sp³-hybridized carbons (Fsp3) is 0.400. The van der Waals surface area contributed by atoms with Crippen molar-refractivity contribution in [3.05, 3.63) is 17.8 Å². The van der Waals surface area contributed by atoms with Crippen LogP contribution >= 0.6 is 0 Å². The number of aromatic nitrogens is 1. The molecule has 0 aliphatic heterocycles. The van der Waals surface area contributed by atoms with Gasteiger partial charge in [0.1, 0.15) is 17.0 Å². The highest BCUT2D eigenvalue weighted by Gasteiger charge is 2.18. The number of carboxylic acid groups (broad SMARTS) is 1. The topological polar surface area (TPSA) is 85.4 Å². The van der Waals surface area contributed by atoms with Gasteiger partial charge in [-0.15, -0.1) is 0 Å². The van der Waals surface area contributed by atoms with E-state index in [1.165, 1.54) is 12.3 Å². The van der Waals surface area contributed by atoms with Crippen LogP contribution in [0.4, 0.5) is 5.82 Å². The summed E-state index contributed by atoms with van der Waals surface area (Å²) in [5.41, 5.74) is 4.95. The summed E-state index contributed by atoms with van der Waals surface area (Å²) in [4.78, 5) is 14.7. The molecule has 15 heavy (non-hydrogen) atoms. The maximum absolute atomic E-state index is 10.9. The van der Waals surface area contributed by atoms with Gasteiger partial charge < -0.3 is 15.6 Å². The second-order valence-electron chi connectivity index (χ2n) is 4.12. The molecule has 0 saturated carbocycles. The zero-order valence-electron chi connectivity index (χ0n) is 8.94. The van der Waals surface area contributed by atoms with Crippen LogP contribution in [0.3, 0.4) is 0 Å². The minimum atomic E-state index is -1.08. The van der Waals surface area contributed by atoms with E-state index in [9.17, 15) is 4.79 Å². The Bertz CT molecular complexity index is 383. The van der Waals surface area contributed by atoms with E-state index in [4.69, 9.17) is 15.6 Å². The average molecular weight is 210 g/mol. The first-order valence-corrected chi connectivity index (χ1v) is 4.47. The molecule has 1 rings (SSSR count). The van der Waals surface area contributed by atoms with E-state index in [0.717, 1.165) is 0 Å². The summed E-state index contributed by atoms with van der Waals surface area (Å²) in [7, 11) is 0. The summed E-state index contributed by atoms with van der Waals surface area (Å²) >= 11 is 0. The predicted molar refractivity (Wildman–Crippen MR) is 56.0 cm³/mol. The van der Waals surface area contributed by atoms with Crippen molar-refractivity contribution >= 4 is 11.8 Å². The van der Waals surface area contributed by atoms with Gasteiger partial charge in [0, 0.05) is 0 Å². The lowest BCUT2D eigenvalue weighted by Crippen LogP contribution is -2.24. The molecule has 1 heterocycles. The molecule has 82 valence electrons. The smallest absolute Gasteiger partial charge is 0.339 e. The summed E-state index contributed by atoms with van der Waals surface area (Å²) in [5.74, 6) is -0.693. The molecule has 0 aliphatic rings. The average Bonchev–Trinajstić information content (AvgIpc) is 2.05. The van der Waals surface area contributed by atoms with E-state index in [2.05, 4.69) is 4.98 Å². The van der Waals surface area contributed by atoms with Gasteiger partial charge in [0.25, 0.3) is 0 Å². The van der Waals surface area contributed by atoms with Crippen molar-refractivity contribution < 1.29 is 14.6 Å². The summed E-state index contributed by atoms with van der Waals surface area (Å²) in [6.07, 6.45) is 1.32. The molecule has 3 N–H and O–H groups in total. The van der Waals surface area contributed by atoms with Crippen molar-refractivity contribution in [3.63, 3.8) is 0 Å². The largest absolute Gasteiger partial charge is 0.486 e. The molecule has 0 radical (unpaired) electrons. The molecule has 0 atom stereocenters. The Morgan fingerprint density at radius 3 is 2.60 bits per heavy atom. The van der Waals surface area contributed by atoms with E-state index in [-0.39, 0.29) is 17.1 Å². The Labute approximate surface area is 87.9 Å². The van der Waals surface area contributed by atoms with Gasteiger partial charge in [-0.25, -0.2) is 9.78 Å². The van der Waals surface area contributed by atoms with E-state index in [0.29, 0.717) is 0 Å². The van der Waals surface area contributed by atoms with Gasteiger partial charge in [-0.2, -0.15) is 0 Å². The number of carboxylic acids is 1. The van der Waals surface area contributed by atoms with Crippen LogP contribution in [0.25, 0.3) is 0 Å². The molecule has 5 nitrogen and oxygen atoms in total.